The standard InChI is InChI=1S/C37H35N3O8S2/c1-4-47-26-15-18(5-14-25(26)48-17-27(41)38-19-6-10-21(45-2)11-7-19)28-29-23-16-24(32(29)49-34-33(28)50-37(44)39-34)31-30(23)35(42)40(36(31)43)20-8-12-22(46-3)13-9-20/h5-15,23-24,28-32H,4,16-17H2,1-3H3,(H,38,41)(H,39,44)/t23?,24?,28-,29?,30?,31?,32?/m1/s1. The molecule has 3 fully saturated rings. The maximum atomic E-state index is 14.1. The fraction of sp³-hybridized carbons (Fsp3) is 0.351. The monoisotopic (exact) mass is 713 g/mol. The molecular weight excluding hydrogens is 679 g/mol. The summed E-state index contributed by atoms with van der Waals surface area (Å²) in [5.41, 5.74) is 2.11. The molecule has 2 aliphatic carbocycles. The zero-order chi connectivity index (χ0) is 34.7. The van der Waals surface area contributed by atoms with Crippen LogP contribution in [0.15, 0.2) is 76.6 Å². The molecule has 8 rings (SSSR count). The number of thioether (sulfide) groups is 1. The number of hydrogen-bond donors (Lipinski definition) is 2. The second-order valence-corrected chi connectivity index (χ2v) is 15.1. The molecule has 3 amide bonds. The lowest BCUT2D eigenvalue weighted by atomic mass is 9.68. The molecule has 0 radical (unpaired) electrons. The molecule has 0 spiro atoms. The van der Waals surface area contributed by atoms with Gasteiger partial charge in [0.15, 0.2) is 18.1 Å². The summed E-state index contributed by atoms with van der Waals surface area (Å²) in [6, 6.07) is 19.7. The van der Waals surface area contributed by atoms with Crippen molar-refractivity contribution in [3.05, 3.63) is 86.8 Å². The van der Waals surface area contributed by atoms with E-state index in [1.165, 1.54) is 16.2 Å². The second-order valence-electron chi connectivity index (χ2n) is 12.9. The molecule has 13 heteroatoms. The Labute approximate surface area is 296 Å². The normalized spacial score (nSPS) is 25.9. The SMILES string of the molecule is CCOc1cc([C@H]2c3sc(=O)[nH]c3SC3C4CC(C5C(=O)N(c6ccc(OC)cc6)C(=O)C45)C32)ccc1OCC(=O)Nc1ccc(OC)cc1. The van der Waals surface area contributed by atoms with Crippen LogP contribution in [-0.4, -0.2) is 55.4 Å². The summed E-state index contributed by atoms with van der Waals surface area (Å²) in [5, 5.41) is 3.69. The van der Waals surface area contributed by atoms with Crippen molar-refractivity contribution in [2.45, 2.75) is 29.5 Å². The molecule has 2 N–H and O–H groups in total. The molecule has 7 atom stereocenters. The minimum Gasteiger partial charge on any atom is -0.497 e. The smallest absolute Gasteiger partial charge is 0.305 e. The summed E-state index contributed by atoms with van der Waals surface area (Å²) in [6.07, 6.45) is 0.782. The van der Waals surface area contributed by atoms with Crippen molar-refractivity contribution in [1.29, 1.82) is 0 Å². The van der Waals surface area contributed by atoms with Crippen LogP contribution in [0.25, 0.3) is 0 Å². The van der Waals surface area contributed by atoms with Gasteiger partial charge in [0.25, 0.3) is 5.91 Å². The zero-order valence-electron chi connectivity index (χ0n) is 27.5. The molecule has 2 bridgehead atoms. The summed E-state index contributed by atoms with van der Waals surface area (Å²) >= 11 is 2.84. The average molecular weight is 714 g/mol. The molecular formula is C37H35N3O8S2. The number of hydrogen-bond acceptors (Lipinski definition) is 10. The number of imide groups is 1. The number of ether oxygens (including phenoxy) is 4. The van der Waals surface area contributed by atoms with Gasteiger partial charge in [0, 0.05) is 21.7 Å². The number of rotatable bonds is 10. The number of nitrogens with zero attached hydrogens (tertiary/aromatic N) is 1. The number of fused-ring (bicyclic) bond motifs is 9. The van der Waals surface area contributed by atoms with E-state index in [4.69, 9.17) is 18.9 Å². The van der Waals surface area contributed by atoms with Gasteiger partial charge in [0.2, 0.25) is 11.8 Å². The van der Waals surface area contributed by atoms with Crippen LogP contribution >= 0.6 is 23.1 Å². The molecule has 2 saturated carbocycles. The van der Waals surface area contributed by atoms with E-state index in [1.807, 2.05) is 19.1 Å². The third kappa shape index (κ3) is 5.34. The maximum absolute atomic E-state index is 14.1. The molecule has 50 heavy (non-hydrogen) atoms. The first-order valence-electron chi connectivity index (χ1n) is 16.5. The van der Waals surface area contributed by atoms with Gasteiger partial charge in [-0.2, -0.15) is 0 Å². The molecule has 3 heterocycles. The quantitative estimate of drug-likeness (QED) is 0.203. The van der Waals surface area contributed by atoms with Crippen molar-refractivity contribution in [3.63, 3.8) is 0 Å². The Bertz CT molecular complexity index is 2030. The maximum Gasteiger partial charge on any atom is 0.305 e. The largest absolute Gasteiger partial charge is 0.497 e. The van der Waals surface area contributed by atoms with Gasteiger partial charge in [-0.05, 0) is 97.3 Å². The number of aromatic amines is 1. The van der Waals surface area contributed by atoms with Gasteiger partial charge in [-0.15, -0.1) is 11.8 Å². The summed E-state index contributed by atoms with van der Waals surface area (Å²) in [6.45, 7) is 2.02. The summed E-state index contributed by atoms with van der Waals surface area (Å²) in [5.74, 6) is 0.594. The lowest BCUT2D eigenvalue weighted by Crippen LogP contribution is -2.42. The molecule has 4 aromatic rings. The number of amides is 3. The number of nitrogens with one attached hydrogen (secondary N) is 2. The topological polar surface area (TPSA) is 136 Å². The van der Waals surface area contributed by atoms with Gasteiger partial charge >= 0.3 is 4.87 Å². The molecule has 4 aliphatic rings. The van der Waals surface area contributed by atoms with Crippen LogP contribution in [0.3, 0.4) is 0 Å². The van der Waals surface area contributed by atoms with Crippen LogP contribution in [-0.2, 0) is 14.4 Å². The first kappa shape index (κ1) is 32.5. The van der Waals surface area contributed by atoms with Gasteiger partial charge in [-0.1, -0.05) is 17.4 Å². The van der Waals surface area contributed by atoms with Crippen molar-refractivity contribution in [2.75, 3.05) is 37.7 Å². The fourth-order valence-corrected chi connectivity index (χ4v) is 11.4. The van der Waals surface area contributed by atoms with Crippen LogP contribution in [0.5, 0.6) is 23.0 Å². The molecule has 3 aromatic carbocycles. The second kappa shape index (κ2) is 12.9. The van der Waals surface area contributed by atoms with Crippen LogP contribution in [0.2, 0.25) is 0 Å². The predicted molar refractivity (Wildman–Crippen MR) is 189 cm³/mol. The number of anilines is 2. The van der Waals surface area contributed by atoms with E-state index in [9.17, 15) is 19.2 Å². The van der Waals surface area contributed by atoms with Crippen LogP contribution in [0.4, 0.5) is 11.4 Å². The minimum atomic E-state index is -0.422. The number of carbonyl (C=O) groups excluding carboxylic acids is 3. The first-order valence-corrected chi connectivity index (χ1v) is 18.2. The van der Waals surface area contributed by atoms with Crippen LogP contribution in [0.1, 0.15) is 29.7 Å². The lowest BCUT2D eigenvalue weighted by Gasteiger charge is -2.43. The molecule has 1 saturated heterocycles. The van der Waals surface area contributed by atoms with E-state index >= 15 is 0 Å². The molecule has 6 unspecified atom stereocenters. The highest BCUT2D eigenvalue weighted by Crippen LogP contribution is 2.68. The molecule has 2 aliphatic heterocycles. The first-order chi connectivity index (χ1) is 24.3. The Morgan fingerprint density at radius 1 is 0.880 bits per heavy atom. The predicted octanol–water partition coefficient (Wildman–Crippen LogP) is 5.55. The highest BCUT2D eigenvalue weighted by Gasteiger charge is 2.69. The number of carbonyl (C=O) groups is 3. The van der Waals surface area contributed by atoms with Gasteiger partial charge in [-0.3, -0.25) is 24.1 Å². The Kier molecular flexibility index (Phi) is 8.34. The van der Waals surface area contributed by atoms with Gasteiger partial charge in [0.1, 0.15) is 11.5 Å². The van der Waals surface area contributed by atoms with E-state index in [-0.39, 0.29) is 58.1 Å². The molecule has 11 nitrogen and oxygen atoms in total. The van der Waals surface area contributed by atoms with Gasteiger partial charge in [0.05, 0.1) is 43.4 Å². The Morgan fingerprint density at radius 3 is 2.24 bits per heavy atom. The highest BCUT2D eigenvalue weighted by atomic mass is 32.2. The Morgan fingerprint density at radius 2 is 1.56 bits per heavy atom. The summed E-state index contributed by atoms with van der Waals surface area (Å²) in [4.78, 5) is 58.8. The summed E-state index contributed by atoms with van der Waals surface area (Å²) < 4.78 is 22.5. The van der Waals surface area contributed by atoms with Crippen molar-refractivity contribution < 1.29 is 33.3 Å². The van der Waals surface area contributed by atoms with E-state index in [0.29, 0.717) is 41.0 Å². The average Bonchev–Trinajstić information content (AvgIpc) is 3.87. The Balaban J connectivity index is 1.08. The van der Waals surface area contributed by atoms with Crippen molar-refractivity contribution >= 4 is 52.2 Å². The number of thiazole rings is 1. The lowest BCUT2D eigenvalue weighted by molar-refractivity contribution is -0.123. The number of benzene rings is 3. The minimum absolute atomic E-state index is 0.00284. The third-order valence-electron chi connectivity index (χ3n) is 10.4. The van der Waals surface area contributed by atoms with Crippen molar-refractivity contribution in [2.24, 2.45) is 29.6 Å². The Hall–Kier alpha value is -4.75. The molecule has 1 aromatic heterocycles. The van der Waals surface area contributed by atoms with Crippen LogP contribution < -0.4 is 34.0 Å². The van der Waals surface area contributed by atoms with E-state index in [0.717, 1.165) is 21.9 Å². The third-order valence-corrected chi connectivity index (χ3v) is 13.0. The zero-order valence-corrected chi connectivity index (χ0v) is 29.2. The van der Waals surface area contributed by atoms with E-state index in [1.54, 1.807) is 80.6 Å². The fourth-order valence-electron chi connectivity index (χ4n) is 8.50. The van der Waals surface area contributed by atoms with Gasteiger partial charge < -0.3 is 29.2 Å². The van der Waals surface area contributed by atoms with Gasteiger partial charge in [-0.25, -0.2) is 0 Å². The highest BCUT2D eigenvalue weighted by molar-refractivity contribution is 8.00. The number of methoxy groups -OCH3 is 2. The van der Waals surface area contributed by atoms with Crippen molar-refractivity contribution in [3.8, 4) is 23.0 Å². The van der Waals surface area contributed by atoms with E-state index in [2.05, 4.69) is 10.3 Å². The summed E-state index contributed by atoms with van der Waals surface area (Å²) in [7, 11) is 3.16. The van der Waals surface area contributed by atoms with E-state index < -0.39 is 11.8 Å². The number of H-pyrrole nitrogens is 1. The van der Waals surface area contributed by atoms with Crippen LogP contribution in [0, 0.1) is 29.6 Å². The number of aromatic nitrogens is 1. The molecule has 258 valence electrons. The van der Waals surface area contributed by atoms with Crippen molar-refractivity contribution in [1.82, 2.24) is 4.98 Å².